The van der Waals surface area contributed by atoms with Crippen molar-refractivity contribution in [2.45, 2.75) is 4.90 Å². The molecule has 122 valence electrons. The Labute approximate surface area is 136 Å². The van der Waals surface area contributed by atoms with Crippen LogP contribution in [0.3, 0.4) is 0 Å². The number of nitrogens with one attached hydrogen (secondary N) is 2. The summed E-state index contributed by atoms with van der Waals surface area (Å²) in [4.78, 5) is 0.219. The molecule has 7 nitrogen and oxygen atoms in total. The largest absolute Gasteiger partial charge is 0.379 e. The first-order valence-electron chi connectivity index (χ1n) is 6.82. The minimum Gasteiger partial charge on any atom is -0.379 e. The summed E-state index contributed by atoms with van der Waals surface area (Å²) in [6.45, 7) is 2.81. The van der Waals surface area contributed by atoms with Crippen LogP contribution in [0, 0.1) is 0 Å². The van der Waals surface area contributed by atoms with Gasteiger partial charge in [0.2, 0.25) is 10.0 Å². The summed E-state index contributed by atoms with van der Waals surface area (Å²) < 4.78 is 30.7. The van der Waals surface area contributed by atoms with Gasteiger partial charge >= 0.3 is 0 Å². The van der Waals surface area contributed by atoms with Crippen molar-refractivity contribution in [3.8, 4) is 0 Å². The topological polar surface area (TPSA) is 73.9 Å². The van der Waals surface area contributed by atoms with Crippen LogP contribution in [0.4, 0.5) is 5.69 Å². The third-order valence-corrected chi connectivity index (χ3v) is 5.15. The molecule has 1 heterocycles. The predicted molar refractivity (Wildman–Crippen MR) is 89.1 cm³/mol. The molecule has 2 rings (SSSR count). The van der Waals surface area contributed by atoms with Crippen molar-refractivity contribution in [3.05, 3.63) is 24.3 Å². The number of benzene rings is 1. The van der Waals surface area contributed by atoms with Crippen LogP contribution in [0.15, 0.2) is 29.2 Å². The zero-order valence-electron chi connectivity index (χ0n) is 12.6. The normalized spacial score (nSPS) is 16.5. The number of rotatable bonds is 4. The lowest BCUT2D eigenvalue weighted by atomic mass is 10.3. The van der Waals surface area contributed by atoms with Crippen molar-refractivity contribution in [1.29, 1.82) is 0 Å². The maximum absolute atomic E-state index is 12.1. The van der Waals surface area contributed by atoms with Crippen molar-refractivity contribution >= 4 is 33.0 Å². The molecule has 1 aliphatic heterocycles. The van der Waals surface area contributed by atoms with Gasteiger partial charge in [-0.05, 0) is 30.4 Å². The van der Waals surface area contributed by atoms with Gasteiger partial charge < -0.3 is 10.1 Å². The number of nitrogens with zero attached hydrogens (tertiary/aromatic N) is 2. The summed E-state index contributed by atoms with van der Waals surface area (Å²) in [6, 6.07) is 6.56. The van der Waals surface area contributed by atoms with Crippen molar-refractivity contribution in [3.63, 3.8) is 0 Å². The van der Waals surface area contributed by atoms with Gasteiger partial charge in [0.15, 0.2) is 5.11 Å². The fourth-order valence-corrected chi connectivity index (χ4v) is 3.12. The second kappa shape index (κ2) is 7.34. The van der Waals surface area contributed by atoms with E-state index < -0.39 is 10.0 Å². The van der Waals surface area contributed by atoms with Gasteiger partial charge in [-0.2, -0.15) is 0 Å². The number of hydrogen-bond acceptors (Lipinski definition) is 5. The summed E-state index contributed by atoms with van der Waals surface area (Å²) in [5.41, 5.74) is 3.68. The van der Waals surface area contributed by atoms with Gasteiger partial charge in [-0.15, -0.1) is 0 Å². The molecular formula is C13H20N4O3S2. The van der Waals surface area contributed by atoms with Gasteiger partial charge in [-0.1, -0.05) is 6.07 Å². The molecule has 0 unspecified atom stereocenters. The summed E-state index contributed by atoms with van der Waals surface area (Å²) in [7, 11) is -0.460. The molecule has 1 saturated heterocycles. The number of anilines is 1. The number of sulfonamides is 1. The number of hydrogen-bond donors (Lipinski definition) is 2. The molecule has 1 aromatic carbocycles. The first kappa shape index (κ1) is 17.1. The van der Waals surface area contributed by atoms with E-state index in [2.05, 4.69) is 10.7 Å². The second-order valence-corrected chi connectivity index (χ2v) is 7.54. The Morgan fingerprint density at radius 1 is 1.32 bits per heavy atom. The Bertz CT molecular complexity index is 628. The first-order valence-corrected chi connectivity index (χ1v) is 8.67. The quantitative estimate of drug-likeness (QED) is 0.769. The molecule has 0 atom stereocenters. The Hall–Kier alpha value is -1.26. The smallest absolute Gasteiger partial charge is 0.242 e. The van der Waals surface area contributed by atoms with Crippen LogP contribution in [0.2, 0.25) is 0 Å². The molecule has 0 radical (unpaired) electrons. The zero-order valence-corrected chi connectivity index (χ0v) is 14.2. The fourth-order valence-electron chi connectivity index (χ4n) is 1.92. The number of morpholine rings is 1. The minimum absolute atomic E-state index is 0.219. The molecule has 0 saturated carbocycles. The molecule has 1 aliphatic rings. The van der Waals surface area contributed by atoms with E-state index in [0.29, 0.717) is 24.0 Å². The van der Waals surface area contributed by atoms with E-state index in [1.165, 1.54) is 18.4 Å². The van der Waals surface area contributed by atoms with Crippen LogP contribution in [-0.2, 0) is 14.8 Å². The van der Waals surface area contributed by atoms with Gasteiger partial charge in [-0.25, -0.2) is 17.7 Å². The van der Waals surface area contributed by atoms with Crippen LogP contribution in [0.1, 0.15) is 0 Å². The van der Waals surface area contributed by atoms with E-state index in [4.69, 9.17) is 17.0 Å². The van der Waals surface area contributed by atoms with Crippen LogP contribution in [-0.4, -0.2) is 63.2 Å². The Kier molecular flexibility index (Phi) is 5.70. The summed E-state index contributed by atoms with van der Waals surface area (Å²) in [6.07, 6.45) is 0. The van der Waals surface area contributed by atoms with E-state index in [9.17, 15) is 8.42 Å². The third-order valence-electron chi connectivity index (χ3n) is 3.14. The van der Waals surface area contributed by atoms with E-state index >= 15 is 0 Å². The second-order valence-electron chi connectivity index (χ2n) is 4.98. The van der Waals surface area contributed by atoms with Crippen molar-refractivity contribution < 1.29 is 13.2 Å². The standard InChI is InChI=1S/C13H20N4O3S2/c1-16(2)22(18,19)12-5-3-4-11(10-12)14-13(21)15-17-6-8-20-9-7-17/h3-5,10H,6-9H2,1-2H3,(H2,14,15,21). The van der Waals surface area contributed by atoms with E-state index in [1.807, 2.05) is 5.01 Å². The maximum atomic E-state index is 12.1. The summed E-state index contributed by atoms with van der Waals surface area (Å²) >= 11 is 5.24. The van der Waals surface area contributed by atoms with Gasteiger partial charge in [0.1, 0.15) is 0 Å². The molecule has 0 amide bonds. The highest BCUT2D eigenvalue weighted by Crippen LogP contribution is 2.17. The molecule has 22 heavy (non-hydrogen) atoms. The molecular weight excluding hydrogens is 324 g/mol. The van der Waals surface area contributed by atoms with Gasteiger partial charge in [0, 0.05) is 32.9 Å². The predicted octanol–water partition coefficient (Wildman–Crippen LogP) is 0.471. The average Bonchev–Trinajstić information content (AvgIpc) is 2.48. The van der Waals surface area contributed by atoms with Crippen molar-refractivity contribution in [2.75, 3.05) is 45.7 Å². The lowest BCUT2D eigenvalue weighted by molar-refractivity contribution is 0.0252. The number of ether oxygens (including phenoxy) is 1. The Balaban J connectivity index is 2.02. The number of thiocarbonyl (C=S) groups is 1. The summed E-state index contributed by atoms with van der Waals surface area (Å²) in [5, 5.41) is 5.37. The summed E-state index contributed by atoms with van der Waals surface area (Å²) in [5.74, 6) is 0. The fraction of sp³-hybridized carbons (Fsp3) is 0.462. The highest BCUT2D eigenvalue weighted by molar-refractivity contribution is 7.89. The minimum atomic E-state index is -3.46. The van der Waals surface area contributed by atoms with Crippen LogP contribution >= 0.6 is 12.2 Å². The van der Waals surface area contributed by atoms with Gasteiger partial charge in [-0.3, -0.25) is 5.43 Å². The van der Waals surface area contributed by atoms with E-state index in [0.717, 1.165) is 13.1 Å². The molecule has 9 heteroatoms. The van der Waals surface area contributed by atoms with E-state index in [-0.39, 0.29) is 4.90 Å². The molecule has 1 aromatic rings. The molecule has 0 aliphatic carbocycles. The molecule has 1 fully saturated rings. The van der Waals surface area contributed by atoms with Crippen molar-refractivity contribution in [1.82, 2.24) is 14.7 Å². The lowest BCUT2D eigenvalue weighted by Crippen LogP contribution is -2.49. The third kappa shape index (κ3) is 4.37. The van der Waals surface area contributed by atoms with Crippen LogP contribution < -0.4 is 10.7 Å². The Morgan fingerprint density at radius 3 is 2.64 bits per heavy atom. The first-order chi connectivity index (χ1) is 10.4. The highest BCUT2D eigenvalue weighted by atomic mass is 32.2. The molecule has 0 spiro atoms. The Morgan fingerprint density at radius 2 is 2.00 bits per heavy atom. The molecule has 0 bridgehead atoms. The molecule has 0 aromatic heterocycles. The van der Waals surface area contributed by atoms with E-state index in [1.54, 1.807) is 24.3 Å². The zero-order chi connectivity index (χ0) is 16.2. The average molecular weight is 344 g/mol. The maximum Gasteiger partial charge on any atom is 0.242 e. The monoisotopic (exact) mass is 344 g/mol. The van der Waals surface area contributed by atoms with Crippen molar-refractivity contribution in [2.24, 2.45) is 0 Å². The van der Waals surface area contributed by atoms with Crippen LogP contribution in [0.5, 0.6) is 0 Å². The van der Waals surface area contributed by atoms with Gasteiger partial charge in [0.05, 0.1) is 18.1 Å². The number of hydrazine groups is 1. The molecule has 2 N–H and O–H groups in total. The SMILES string of the molecule is CN(C)S(=O)(=O)c1cccc(NC(=S)NN2CCOCC2)c1. The highest BCUT2D eigenvalue weighted by Gasteiger charge is 2.17. The lowest BCUT2D eigenvalue weighted by Gasteiger charge is -2.28. The van der Waals surface area contributed by atoms with Gasteiger partial charge in [0.25, 0.3) is 0 Å². The van der Waals surface area contributed by atoms with Crippen LogP contribution in [0.25, 0.3) is 0 Å².